The summed E-state index contributed by atoms with van der Waals surface area (Å²) in [4.78, 5) is 19.6. The topological polar surface area (TPSA) is 74.6 Å². The second-order valence-corrected chi connectivity index (χ2v) is 6.09. The number of hydrogen-bond donors (Lipinski definition) is 2. The van der Waals surface area contributed by atoms with Gasteiger partial charge < -0.3 is 10.4 Å². The number of carboxylic acids is 1. The second kappa shape index (κ2) is 4.82. The molecule has 1 aromatic heterocycles. The molecule has 0 amide bonds. The third-order valence-corrected chi connectivity index (χ3v) is 5.00. The number of rotatable bonds is 3. The molecule has 0 bridgehead atoms. The number of carboxylic acid groups (broad SMARTS) is 1. The van der Waals surface area contributed by atoms with Crippen LogP contribution in [0.15, 0.2) is 23.2 Å². The fourth-order valence-electron chi connectivity index (χ4n) is 1.79. The molecule has 1 aromatic carbocycles. The van der Waals surface area contributed by atoms with Gasteiger partial charge in [0.2, 0.25) is 0 Å². The highest BCUT2D eigenvalue weighted by atomic mass is 32.2. The van der Waals surface area contributed by atoms with E-state index in [9.17, 15) is 4.79 Å². The first-order valence-electron chi connectivity index (χ1n) is 5.69. The number of fused-ring (bicyclic) bond motifs is 1. The summed E-state index contributed by atoms with van der Waals surface area (Å²) in [6, 6.07) is 5.32. The number of thiazole rings is 1. The zero-order valence-electron chi connectivity index (χ0n) is 10.1. The van der Waals surface area contributed by atoms with Crippen molar-refractivity contribution in [2.75, 3.05) is 18.1 Å². The maximum absolute atomic E-state index is 10.9. The number of carbonyl (C=O) groups is 1. The van der Waals surface area contributed by atoms with Gasteiger partial charge in [-0.1, -0.05) is 0 Å². The van der Waals surface area contributed by atoms with Crippen LogP contribution in [0, 0.1) is 0 Å². The van der Waals surface area contributed by atoms with Crippen LogP contribution in [0.25, 0.3) is 10.2 Å². The molecule has 19 heavy (non-hydrogen) atoms. The molecule has 7 heteroatoms. The Hall–Kier alpha value is -1.60. The Morgan fingerprint density at radius 2 is 2.37 bits per heavy atom. The minimum Gasteiger partial charge on any atom is -0.480 e. The largest absolute Gasteiger partial charge is 0.480 e. The molecule has 1 unspecified atom stereocenters. The highest BCUT2D eigenvalue weighted by molar-refractivity contribution is 8.15. The van der Waals surface area contributed by atoms with Crippen molar-refractivity contribution >= 4 is 50.0 Å². The van der Waals surface area contributed by atoms with Gasteiger partial charge in [-0.15, -0.1) is 23.1 Å². The molecule has 2 N–H and O–H groups in total. The Labute approximate surface area is 117 Å². The van der Waals surface area contributed by atoms with Crippen LogP contribution in [0.5, 0.6) is 0 Å². The number of aromatic nitrogens is 1. The summed E-state index contributed by atoms with van der Waals surface area (Å²) in [5.74, 6) is -0.386. The quantitative estimate of drug-likeness (QED) is 0.908. The van der Waals surface area contributed by atoms with Crippen LogP contribution in [0.2, 0.25) is 0 Å². The van der Waals surface area contributed by atoms with Gasteiger partial charge in [0.05, 0.1) is 10.2 Å². The number of hydrogen-bond acceptors (Lipinski definition) is 6. The third kappa shape index (κ3) is 2.31. The Morgan fingerprint density at radius 1 is 1.53 bits per heavy atom. The first kappa shape index (κ1) is 12.4. The molecule has 0 radical (unpaired) electrons. The highest BCUT2D eigenvalue weighted by Gasteiger charge is 2.26. The summed E-state index contributed by atoms with van der Waals surface area (Å²) in [6.45, 7) is 0. The van der Waals surface area contributed by atoms with Gasteiger partial charge in [0.1, 0.15) is 10.1 Å². The molecule has 0 aliphatic carbocycles. The van der Waals surface area contributed by atoms with Crippen molar-refractivity contribution in [2.45, 2.75) is 6.04 Å². The van der Waals surface area contributed by atoms with Crippen LogP contribution >= 0.6 is 23.1 Å². The van der Waals surface area contributed by atoms with Crippen LogP contribution in [-0.2, 0) is 4.79 Å². The van der Waals surface area contributed by atoms with E-state index in [4.69, 9.17) is 5.11 Å². The lowest BCUT2D eigenvalue weighted by atomic mass is 10.3. The van der Waals surface area contributed by atoms with E-state index in [1.165, 1.54) is 11.8 Å². The van der Waals surface area contributed by atoms with E-state index in [0.717, 1.165) is 26.0 Å². The summed E-state index contributed by atoms with van der Waals surface area (Å²) in [5.41, 5.74) is 1.95. The van der Waals surface area contributed by atoms with Crippen LogP contribution in [-0.4, -0.2) is 39.9 Å². The molecule has 0 saturated carbocycles. The van der Waals surface area contributed by atoms with Crippen LogP contribution in [0.4, 0.5) is 5.69 Å². The predicted octanol–water partition coefficient (Wildman–Crippen LogP) is 2.28. The molecule has 1 aliphatic heterocycles. The fourth-order valence-corrected chi connectivity index (χ4v) is 3.89. The monoisotopic (exact) mass is 293 g/mol. The Kier molecular flexibility index (Phi) is 3.16. The summed E-state index contributed by atoms with van der Waals surface area (Å²) < 4.78 is 1.07. The normalized spacial score (nSPS) is 18.6. The van der Waals surface area contributed by atoms with E-state index in [-0.39, 0.29) is 0 Å². The molecule has 0 fully saturated rings. The van der Waals surface area contributed by atoms with Crippen molar-refractivity contribution in [3.8, 4) is 0 Å². The zero-order valence-corrected chi connectivity index (χ0v) is 11.7. The molecule has 98 valence electrons. The summed E-state index contributed by atoms with van der Waals surface area (Å²) in [6.07, 6.45) is 0. The second-order valence-electron chi connectivity index (χ2n) is 4.05. The van der Waals surface area contributed by atoms with Crippen molar-refractivity contribution in [3.63, 3.8) is 0 Å². The fraction of sp³-hybridized carbons (Fsp3) is 0.250. The van der Waals surface area contributed by atoms with Crippen molar-refractivity contribution in [3.05, 3.63) is 23.2 Å². The van der Waals surface area contributed by atoms with Crippen molar-refractivity contribution < 1.29 is 9.90 Å². The summed E-state index contributed by atoms with van der Waals surface area (Å²) in [5, 5.41) is 13.6. The van der Waals surface area contributed by atoms with Crippen LogP contribution in [0.1, 0.15) is 5.01 Å². The first-order chi connectivity index (χ1) is 9.17. The minimum atomic E-state index is -0.874. The summed E-state index contributed by atoms with van der Waals surface area (Å²) in [7, 11) is 1.87. The van der Waals surface area contributed by atoms with Gasteiger partial charge in [0.25, 0.3) is 0 Å². The highest BCUT2D eigenvalue weighted by Crippen LogP contribution is 2.30. The Balaban J connectivity index is 1.98. The number of aliphatic imine (C=N–C) groups is 1. The molecule has 1 atom stereocenters. The van der Waals surface area contributed by atoms with Crippen molar-refractivity contribution in [1.29, 1.82) is 0 Å². The Bertz CT molecular complexity index is 681. The lowest BCUT2D eigenvalue weighted by Crippen LogP contribution is -2.17. The molecule has 2 heterocycles. The smallest absolute Gasteiger partial charge is 0.329 e. The van der Waals surface area contributed by atoms with E-state index in [1.807, 2.05) is 25.2 Å². The molecule has 3 rings (SSSR count). The van der Waals surface area contributed by atoms with Gasteiger partial charge in [-0.25, -0.2) is 9.78 Å². The predicted molar refractivity (Wildman–Crippen MR) is 79.6 cm³/mol. The third-order valence-electron chi connectivity index (χ3n) is 2.80. The number of thioether (sulfide) groups is 1. The molecule has 1 aliphatic rings. The van der Waals surface area contributed by atoms with Gasteiger partial charge in [0.15, 0.2) is 6.04 Å². The number of nitrogens with zero attached hydrogens (tertiary/aromatic N) is 2. The number of benzene rings is 1. The van der Waals surface area contributed by atoms with Crippen molar-refractivity contribution in [1.82, 2.24) is 4.98 Å². The van der Waals surface area contributed by atoms with E-state index < -0.39 is 12.0 Å². The molecule has 5 nitrogen and oxygen atoms in total. The van der Waals surface area contributed by atoms with E-state index in [1.54, 1.807) is 11.3 Å². The molecule has 2 aromatic rings. The SMILES string of the molecule is CNc1ccc2nc(C3=NC(C(=O)O)CS3)sc2c1. The molecule has 0 spiro atoms. The molecular formula is C12H11N3O2S2. The van der Waals surface area contributed by atoms with E-state index >= 15 is 0 Å². The lowest BCUT2D eigenvalue weighted by Gasteiger charge is -1.96. The van der Waals surface area contributed by atoms with Gasteiger partial charge in [-0.05, 0) is 18.2 Å². The molecule has 0 saturated heterocycles. The van der Waals surface area contributed by atoms with Gasteiger partial charge >= 0.3 is 5.97 Å². The Morgan fingerprint density at radius 3 is 3.05 bits per heavy atom. The maximum Gasteiger partial charge on any atom is 0.329 e. The number of anilines is 1. The average Bonchev–Trinajstić information content (AvgIpc) is 3.04. The van der Waals surface area contributed by atoms with Crippen LogP contribution in [0.3, 0.4) is 0 Å². The molecular weight excluding hydrogens is 282 g/mol. The average molecular weight is 293 g/mol. The number of aliphatic carboxylic acids is 1. The van der Waals surface area contributed by atoms with Gasteiger partial charge in [-0.3, -0.25) is 4.99 Å². The minimum absolute atomic E-state index is 0.488. The summed E-state index contributed by atoms with van der Waals surface area (Å²) >= 11 is 3.00. The van der Waals surface area contributed by atoms with Crippen LogP contribution < -0.4 is 5.32 Å². The van der Waals surface area contributed by atoms with Gasteiger partial charge in [-0.2, -0.15) is 0 Å². The van der Waals surface area contributed by atoms with Crippen molar-refractivity contribution in [2.24, 2.45) is 4.99 Å². The lowest BCUT2D eigenvalue weighted by molar-refractivity contribution is -0.137. The zero-order chi connectivity index (χ0) is 13.4. The standard InChI is InChI=1S/C12H11N3O2S2/c1-13-6-2-3-7-9(4-6)19-11(14-7)10-15-8(5-18-10)12(16)17/h2-4,8,13H,5H2,1H3,(H,16,17). The first-order valence-corrected chi connectivity index (χ1v) is 7.49. The van der Waals surface area contributed by atoms with E-state index in [2.05, 4.69) is 15.3 Å². The van der Waals surface area contributed by atoms with Gasteiger partial charge in [0, 0.05) is 18.5 Å². The van der Waals surface area contributed by atoms with E-state index in [0.29, 0.717) is 5.75 Å². The number of nitrogens with one attached hydrogen (secondary N) is 1. The maximum atomic E-state index is 10.9.